The Morgan fingerprint density at radius 1 is 1.50 bits per heavy atom. The van der Waals surface area contributed by atoms with Crippen molar-refractivity contribution in [3.63, 3.8) is 0 Å². The molecule has 0 bridgehead atoms. The predicted octanol–water partition coefficient (Wildman–Crippen LogP) is 2.25. The minimum Gasteiger partial charge on any atom is -0.466 e. The van der Waals surface area contributed by atoms with Gasteiger partial charge in [-0.1, -0.05) is 27.4 Å². The Labute approximate surface area is 78.4 Å². The first-order valence-electron chi connectivity index (χ1n) is 3.77. The molecule has 0 spiro atoms. The van der Waals surface area contributed by atoms with Gasteiger partial charge in [0.1, 0.15) is 0 Å². The van der Waals surface area contributed by atoms with Crippen LogP contribution in [0, 0.1) is 0 Å². The Morgan fingerprint density at radius 2 is 2.00 bits per heavy atom. The zero-order valence-corrected chi connectivity index (χ0v) is 8.96. The lowest BCUT2D eigenvalue weighted by atomic mass is 10.3. The first-order valence-corrected chi connectivity index (χ1v) is 4.75. The molecule has 0 saturated heterocycles. The van der Waals surface area contributed by atoms with Crippen molar-refractivity contribution in [2.45, 2.75) is 25.5 Å². The molecule has 3 heteroatoms. The SMILES string of the molecule is C=C(CSC(C)(C)C)C(=O)OC. The van der Waals surface area contributed by atoms with Gasteiger partial charge in [0, 0.05) is 16.1 Å². The van der Waals surface area contributed by atoms with Crippen molar-refractivity contribution in [3.05, 3.63) is 12.2 Å². The highest BCUT2D eigenvalue weighted by atomic mass is 32.2. The number of hydrogen-bond donors (Lipinski definition) is 0. The Balaban J connectivity index is 3.80. The van der Waals surface area contributed by atoms with Crippen molar-refractivity contribution >= 4 is 17.7 Å². The fourth-order valence-corrected chi connectivity index (χ4v) is 1.23. The fourth-order valence-electron chi connectivity index (χ4n) is 0.507. The number of esters is 1. The minimum atomic E-state index is -0.313. The second kappa shape index (κ2) is 4.55. The van der Waals surface area contributed by atoms with Gasteiger partial charge in [-0.25, -0.2) is 4.79 Å². The van der Waals surface area contributed by atoms with Gasteiger partial charge in [0.15, 0.2) is 0 Å². The average molecular weight is 188 g/mol. The monoisotopic (exact) mass is 188 g/mol. The van der Waals surface area contributed by atoms with Crippen molar-refractivity contribution in [1.29, 1.82) is 0 Å². The summed E-state index contributed by atoms with van der Waals surface area (Å²) in [6.45, 7) is 9.93. The van der Waals surface area contributed by atoms with Crippen LogP contribution in [0.4, 0.5) is 0 Å². The van der Waals surface area contributed by atoms with E-state index in [0.29, 0.717) is 11.3 Å². The van der Waals surface area contributed by atoms with Gasteiger partial charge < -0.3 is 4.74 Å². The molecular weight excluding hydrogens is 172 g/mol. The highest BCUT2D eigenvalue weighted by Gasteiger charge is 2.14. The van der Waals surface area contributed by atoms with Crippen molar-refractivity contribution in [2.24, 2.45) is 0 Å². The molecule has 0 N–H and O–H groups in total. The third-order valence-corrected chi connectivity index (χ3v) is 2.51. The van der Waals surface area contributed by atoms with Crippen LogP contribution in [0.3, 0.4) is 0 Å². The first kappa shape index (κ1) is 11.6. The van der Waals surface area contributed by atoms with Crippen molar-refractivity contribution in [2.75, 3.05) is 12.9 Å². The zero-order valence-electron chi connectivity index (χ0n) is 8.14. The minimum absolute atomic E-state index is 0.164. The fraction of sp³-hybridized carbons (Fsp3) is 0.667. The van der Waals surface area contributed by atoms with Gasteiger partial charge in [-0.15, -0.1) is 0 Å². The summed E-state index contributed by atoms with van der Waals surface area (Å²) in [5, 5.41) is 0. The van der Waals surface area contributed by atoms with Crippen LogP contribution in [-0.4, -0.2) is 23.6 Å². The van der Waals surface area contributed by atoms with Crippen LogP contribution < -0.4 is 0 Å². The predicted molar refractivity (Wildman–Crippen MR) is 53.4 cm³/mol. The molecular formula is C9H16O2S. The molecule has 0 saturated carbocycles. The standard InChI is InChI=1S/C9H16O2S/c1-7(8(10)11-5)6-12-9(2,3)4/h1,6H2,2-5H3. The van der Waals surface area contributed by atoms with Gasteiger partial charge in [-0.3, -0.25) is 0 Å². The number of thioether (sulfide) groups is 1. The molecule has 0 aliphatic heterocycles. The van der Waals surface area contributed by atoms with Crippen molar-refractivity contribution in [3.8, 4) is 0 Å². The Hall–Kier alpha value is -0.440. The summed E-state index contributed by atoms with van der Waals surface area (Å²) < 4.78 is 4.69. The molecule has 0 atom stereocenters. The highest BCUT2D eigenvalue weighted by molar-refractivity contribution is 8.00. The maximum Gasteiger partial charge on any atom is 0.333 e. The van der Waals surface area contributed by atoms with Crippen LogP contribution in [-0.2, 0) is 9.53 Å². The molecule has 0 amide bonds. The van der Waals surface area contributed by atoms with Crippen LogP contribution in [0.2, 0.25) is 0 Å². The summed E-state index contributed by atoms with van der Waals surface area (Å²) in [4.78, 5) is 10.9. The average Bonchev–Trinajstić information content (AvgIpc) is 1.97. The summed E-state index contributed by atoms with van der Waals surface area (Å²) in [6, 6.07) is 0. The Morgan fingerprint density at radius 3 is 2.33 bits per heavy atom. The maximum atomic E-state index is 10.9. The van der Waals surface area contributed by atoms with Crippen LogP contribution in [0.15, 0.2) is 12.2 Å². The molecule has 0 aliphatic rings. The number of methoxy groups -OCH3 is 1. The topological polar surface area (TPSA) is 26.3 Å². The van der Waals surface area contributed by atoms with Crippen LogP contribution in [0.5, 0.6) is 0 Å². The Kier molecular flexibility index (Phi) is 4.39. The van der Waals surface area contributed by atoms with E-state index in [0.717, 1.165) is 0 Å². The lowest BCUT2D eigenvalue weighted by molar-refractivity contribution is -0.135. The summed E-state index contributed by atoms with van der Waals surface area (Å²) in [5.74, 6) is 0.322. The highest BCUT2D eigenvalue weighted by Crippen LogP contribution is 2.24. The summed E-state index contributed by atoms with van der Waals surface area (Å²) in [6.07, 6.45) is 0. The van der Waals surface area contributed by atoms with Crippen molar-refractivity contribution in [1.82, 2.24) is 0 Å². The lowest BCUT2D eigenvalue weighted by Gasteiger charge is -2.17. The molecule has 0 aliphatic carbocycles. The quantitative estimate of drug-likeness (QED) is 0.502. The van der Waals surface area contributed by atoms with Crippen molar-refractivity contribution < 1.29 is 9.53 Å². The van der Waals surface area contributed by atoms with E-state index in [2.05, 4.69) is 32.1 Å². The molecule has 0 aromatic rings. The number of hydrogen-bond acceptors (Lipinski definition) is 3. The summed E-state index contributed by atoms with van der Waals surface area (Å²) >= 11 is 1.68. The Bertz CT molecular complexity index is 179. The van der Waals surface area contributed by atoms with E-state index in [1.54, 1.807) is 11.8 Å². The zero-order chi connectivity index (χ0) is 9.78. The van der Waals surface area contributed by atoms with E-state index in [1.165, 1.54) is 7.11 Å². The molecule has 0 radical (unpaired) electrons. The van der Waals surface area contributed by atoms with Gasteiger partial charge >= 0.3 is 5.97 Å². The van der Waals surface area contributed by atoms with E-state index in [-0.39, 0.29) is 10.7 Å². The first-order chi connectivity index (χ1) is 5.37. The van der Waals surface area contributed by atoms with Gasteiger partial charge in [0.05, 0.1) is 7.11 Å². The molecule has 0 rings (SSSR count). The summed E-state index contributed by atoms with van der Waals surface area (Å²) in [7, 11) is 1.37. The van der Waals surface area contributed by atoms with Gasteiger partial charge in [-0.2, -0.15) is 11.8 Å². The lowest BCUT2D eigenvalue weighted by Crippen LogP contribution is -2.12. The van der Waals surface area contributed by atoms with E-state index < -0.39 is 0 Å². The van der Waals surface area contributed by atoms with E-state index in [4.69, 9.17) is 0 Å². The van der Waals surface area contributed by atoms with Crippen LogP contribution >= 0.6 is 11.8 Å². The normalized spacial score (nSPS) is 11.0. The second-order valence-electron chi connectivity index (χ2n) is 3.50. The van der Waals surface area contributed by atoms with Crippen LogP contribution in [0.25, 0.3) is 0 Å². The molecule has 0 aromatic heterocycles. The molecule has 2 nitrogen and oxygen atoms in total. The number of carbonyl (C=O) groups is 1. The number of ether oxygens (including phenoxy) is 1. The largest absolute Gasteiger partial charge is 0.466 e. The molecule has 70 valence electrons. The van der Waals surface area contributed by atoms with Crippen LogP contribution in [0.1, 0.15) is 20.8 Å². The van der Waals surface area contributed by atoms with E-state index in [1.807, 2.05) is 0 Å². The smallest absolute Gasteiger partial charge is 0.333 e. The van der Waals surface area contributed by atoms with Gasteiger partial charge in [0.25, 0.3) is 0 Å². The number of rotatable bonds is 3. The number of carbonyl (C=O) groups excluding carboxylic acids is 1. The summed E-state index contributed by atoms with van der Waals surface area (Å²) in [5.41, 5.74) is 0.525. The van der Waals surface area contributed by atoms with E-state index in [9.17, 15) is 4.79 Å². The third kappa shape index (κ3) is 5.24. The van der Waals surface area contributed by atoms with Gasteiger partial charge in [0.2, 0.25) is 0 Å². The van der Waals surface area contributed by atoms with Gasteiger partial charge in [-0.05, 0) is 0 Å². The molecule has 0 fully saturated rings. The third-order valence-electron chi connectivity index (χ3n) is 1.15. The second-order valence-corrected chi connectivity index (χ2v) is 5.30. The maximum absolute atomic E-state index is 10.9. The molecule has 0 heterocycles. The molecule has 12 heavy (non-hydrogen) atoms. The molecule has 0 aromatic carbocycles. The molecule has 0 unspecified atom stereocenters. The van der Waals surface area contributed by atoms with E-state index >= 15 is 0 Å².